The minimum Gasteiger partial charge on any atom is -0.484 e. The molecule has 7 rings (SSSR count). The topological polar surface area (TPSA) is 119 Å². The van der Waals surface area contributed by atoms with E-state index in [0.717, 1.165) is 16.5 Å². The number of alkyl halides is 3. The van der Waals surface area contributed by atoms with E-state index in [2.05, 4.69) is 14.6 Å². The number of para-hydroxylation sites is 1. The van der Waals surface area contributed by atoms with E-state index in [0.29, 0.717) is 55.1 Å². The number of fused-ring (bicyclic) bond motifs is 2. The Morgan fingerprint density at radius 2 is 1.65 bits per heavy atom. The molecule has 0 radical (unpaired) electrons. The lowest BCUT2D eigenvalue weighted by atomic mass is 10.2. The van der Waals surface area contributed by atoms with Crippen LogP contribution in [0, 0.1) is 0 Å². The van der Waals surface area contributed by atoms with Gasteiger partial charge in [0.25, 0.3) is 15.9 Å². The molecule has 6 aromatic rings. The molecule has 1 saturated heterocycles. The largest absolute Gasteiger partial charge is 0.484 e. The van der Waals surface area contributed by atoms with Gasteiger partial charge in [-0.2, -0.15) is 21.6 Å². The first-order valence-corrected chi connectivity index (χ1v) is 17.4. The monoisotopic (exact) mass is 719 g/mol. The molecule has 15 heteroatoms. The number of nitrogens with zero attached hydrogens (tertiary/aromatic N) is 4. The summed E-state index contributed by atoms with van der Waals surface area (Å²) in [5.41, 5.74) is 2.96. The van der Waals surface area contributed by atoms with E-state index >= 15 is 0 Å². The lowest BCUT2D eigenvalue weighted by Crippen LogP contribution is -2.48. The highest BCUT2D eigenvalue weighted by Gasteiger charge is 2.29. The smallest absolute Gasteiger partial charge is 0.422 e. The number of benzene rings is 3. The lowest BCUT2D eigenvalue weighted by Gasteiger charge is -2.34. The Bertz CT molecular complexity index is 2260. The fourth-order valence-corrected chi connectivity index (χ4v) is 6.89. The molecule has 0 atom stereocenters. The molecule has 0 saturated carbocycles. The minimum absolute atomic E-state index is 0.0932. The Labute approximate surface area is 290 Å². The first-order valence-electron chi connectivity index (χ1n) is 16.0. The van der Waals surface area contributed by atoms with Crippen molar-refractivity contribution in [1.29, 1.82) is 0 Å². The second-order valence-corrected chi connectivity index (χ2v) is 13.7. The molecule has 1 N–H and O–H groups in total. The fraction of sp³-hybridized carbons (Fsp3) is 0.222. The molecular formula is C36H32F3N5O6S. The Hall–Kier alpha value is -5.54. The van der Waals surface area contributed by atoms with Crippen molar-refractivity contribution in [3.63, 3.8) is 0 Å². The van der Waals surface area contributed by atoms with Crippen molar-refractivity contribution in [2.75, 3.05) is 37.5 Å². The summed E-state index contributed by atoms with van der Waals surface area (Å²) in [5, 5.41) is 1.33. The molecule has 1 amide bonds. The number of sulfonamides is 1. The highest BCUT2D eigenvalue weighted by molar-refractivity contribution is 7.92. The van der Waals surface area contributed by atoms with Crippen molar-refractivity contribution in [3.05, 3.63) is 108 Å². The van der Waals surface area contributed by atoms with Crippen molar-refractivity contribution in [2.45, 2.75) is 17.8 Å². The molecule has 11 nitrogen and oxygen atoms in total. The Kier molecular flexibility index (Phi) is 9.08. The number of hydrogen-bond acceptors (Lipinski definition) is 8. The molecule has 3 aromatic carbocycles. The quantitative estimate of drug-likeness (QED) is 0.164. The van der Waals surface area contributed by atoms with Crippen LogP contribution in [-0.2, 0) is 23.6 Å². The summed E-state index contributed by atoms with van der Waals surface area (Å²) in [5.74, 6) is 0.799. The molecule has 0 spiro atoms. The molecule has 1 fully saturated rings. The first-order chi connectivity index (χ1) is 24.4. The molecule has 0 unspecified atom stereocenters. The average Bonchev–Trinajstić information content (AvgIpc) is 3.70. The predicted molar refractivity (Wildman–Crippen MR) is 183 cm³/mol. The zero-order valence-corrected chi connectivity index (χ0v) is 28.1. The maximum atomic E-state index is 13.6. The number of pyridine rings is 1. The maximum absolute atomic E-state index is 13.6. The summed E-state index contributed by atoms with van der Waals surface area (Å²) < 4.78 is 83.5. The van der Waals surface area contributed by atoms with Gasteiger partial charge in [-0.3, -0.25) is 14.4 Å². The van der Waals surface area contributed by atoms with E-state index in [1.54, 1.807) is 48.5 Å². The number of amides is 1. The van der Waals surface area contributed by atoms with E-state index in [-0.39, 0.29) is 28.3 Å². The van der Waals surface area contributed by atoms with E-state index in [9.17, 15) is 26.4 Å². The normalized spacial score (nSPS) is 14.2. The number of ether oxygens (including phenoxy) is 2. The van der Waals surface area contributed by atoms with Crippen LogP contribution < -0.4 is 14.2 Å². The number of rotatable bonds is 10. The zero-order chi connectivity index (χ0) is 35.8. The second kappa shape index (κ2) is 13.6. The molecule has 1 aliphatic rings. The van der Waals surface area contributed by atoms with Gasteiger partial charge in [-0.15, -0.1) is 0 Å². The molecule has 0 aliphatic carbocycles. The van der Waals surface area contributed by atoms with Crippen LogP contribution in [0.15, 0.2) is 107 Å². The number of halogens is 3. The molecule has 0 bridgehead atoms. The van der Waals surface area contributed by atoms with Crippen LogP contribution in [-0.4, -0.2) is 72.6 Å². The standard InChI is InChI=1S/C36H32F3N5O6S/c1-42-30-20-29(49-33-13-9-27(21-40-33)41-51(46,47)34-19-26-4-2-3-5-32(26)50-34)12-8-25(30)18-31(42)35(45)44-16-14-43(15-17-44)22-24-6-10-28(11-7-24)48-23-36(37,38)39/h2-13,18-21,41H,14-17,22-23H2,1H3. The van der Waals surface area contributed by atoms with Crippen LogP contribution in [0.1, 0.15) is 16.1 Å². The van der Waals surface area contributed by atoms with Crippen molar-refractivity contribution in [1.82, 2.24) is 19.4 Å². The van der Waals surface area contributed by atoms with Gasteiger partial charge in [0, 0.05) is 68.7 Å². The maximum Gasteiger partial charge on any atom is 0.422 e. The minimum atomic E-state index is -4.39. The lowest BCUT2D eigenvalue weighted by molar-refractivity contribution is -0.153. The van der Waals surface area contributed by atoms with Gasteiger partial charge in [0.05, 0.1) is 17.4 Å². The zero-order valence-electron chi connectivity index (χ0n) is 27.3. The van der Waals surface area contributed by atoms with Crippen LogP contribution in [0.4, 0.5) is 18.9 Å². The van der Waals surface area contributed by atoms with Gasteiger partial charge in [0.2, 0.25) is 11.0 Å². The van der Waals surface area contributed by atoms with E-state index in [1.165, 1.54) is 30.5 Å². The van der Waals surface area contributed by atoms with Gasteiger partial charge in [-0.1, -0.05) is 30.3 Å². The SMILES string of the molecule is Cn1c(C(=O)N2CCN(Cc3ccc(OCC(F)(F)F)cc3)CC2)cc2ccc(Oc3ccc(NS(=O)(=O)c4cc5ccccc5o4)cn3)cc21. The number of nitrogens with one attached hydrogen (secondary N) is 1. The fourth-order valence-electron chi connectivity index (χ4n) is 5.88. The van der Waals surface area contributed by atoms with Gasteiger partial charge in [-0.05, 0) is 48.0 Å². The van der Waals surface area contributed by atoms with Crippen LogP contribution >= 0.6 is 0 Å². The average molecular weight is 720 g/mol. The third-order valence-corrected chi connectivity index (χ3v) is 9.74. The molecule has 1 aliphatic heterocycles. The third kappa shape index (κ3) is 7.79. The summed E-state index contributed by atoms with van der Waals surface area (Å²) in [6.45, 7) is 1.62. The number of carbonyl (C=O) groups excluding carboxylic acids is 1. The number of hydrogen-bond donors (Lipinski definition) is 1. The van der Waals surface area contributed by atoms with Crippen LogP contribution in [0.2, 0.25) is 0 Å². The van der Waals surface area contributed by atoms with E-state index in [4.69, 9.17) is 13.9 Å². The Morgan fingerprint density at radius 1 is 0.902 bits per heavy atom. The summed E-state index contributed by atoms with van der Waals surface area (Å²) in [4.78, 5) is 21.8. The number of piperazine rings is 1. The first kappa shape index (κ1) is 33.9. The second-order valence-electron chi connectivity index (χ2n) is 12.1. The number of aromatic nitrogens is 2. The number of anilines is 1. The van der Waals surface area contributed by atoms with Crippen molar-refractivity contribution in [2.24, 2.45) is 7.05 Å². The predicted octanol–water partition coefficient (Wildman–Crippen LogP) is 6.81. The highest BCUT2D eigenvalue weighted by atomic mass is 32.2. The van der Waals surface area contributed by atoms with Gasteiger partial charge in [0.15, 0.2) is 6.61 Å². The molecule has 4 heterocycles. The summed E-state index contributed by atoms with van der Waals surface area (Å²) in [6.07, 6.45) is -3.04. The van der Waals surface area contributed by atoms with Gasteiger partial charge < -0.3 is 23.4 Å². The van der Waals surface area contributed by atoms with Crippen molar-refractivity contribution < 1.29 is 40.3 Å². The van der Waals surface area contributed by atoms with E-state index < -0.39 is 22.8 Å². The molecule has 3 aromatic heterocycles. The Morgan fingerprint density at radius 3 is 2.35 bits per heavy atom. The van der Waals surface area contributed by atoms with Crippen molar-refractivity contribution >= 4 is 43.5 Å². The number of furan rings is 1. The highest BCUT2D eigenvalue weighted by Crippen LogP contribution is 2.29. The molecule has 51 heavy (non-hydrogen) atoms. The van der Waals surface area contributed by atoms with Crippen LogP contribution in [0.3, 0.4) is 0 Å². The van der Waals surface area contributed by atoms with Gasteiger partial charge >= 0.3 is 6.18 Å². The number of aryl methyl sites for hydroxylation is 1. The van der Waals surface area contributed by atoms with Gasteiger partial charge in [0.1, 0.15) is 22.8 Å². The van der Waals surface area contributed by atoms with Crippen molar-refractivity contribution in [3.8, 4) is 17.4 Å². The van der Waals surface area contributed by atoms with Crippen LogP contribution in [0.25, 0.3) is 21.9 Å². The van der Waals surface area contributed by atoms with E-state index in [1.807, 2.05) is 34.7 Å². The number of carbonyl (C=O) groups is 1. The third-order valence-electron chi connectivity index (χ3n) is 8.51. The summed E-state index contributed by atoms with van der Waals surface area (Å²) in [6, 6.07) is 25.4. The molecular weight excluding hydrogens is 687 g/mol. The Balaban J connectivity index is 0.945. The van der Waals surface area contributed by atoms with Gasteiger partial charge in [-0.25, -0.2) is 4.98 Å². The summed E-state index contributed by atoms with van der Waals surface area (Å²) in [7, 11) is -2.16. The van der Waals surface area contributed by atoms with Crippen LogP contribution in [0.5, 0.6) is 17.4 Å². The molecule has 264 valence electrons. The summed E-state index contributed by atoms with van der Waals surface area (Å²) >= 11 is 0.